The Bertz CT molecular complexity index is 596. The fraction of sp³-hybridized carbons (Fsp3) is 0.529. The Morgan fingerprint density at radius 1 is 1.04 bits per heavy atom. The Morgan fingerprint density at radius 3 is 2.19 bits per heavy atom. The fourth-order valence-electron chi connectivity index (χ4n) is 1.75. The van der Waals surface area contributed by atoms with Crippen molar-refractivity contribution in [1.29, 1.82) is 0 Å². The Hall–Kier alpha value is -2.45. The summed E-state index contributed by atoms with van der Waals surface area (Å²) in [7, 11) is 0. The van der Waals surface area contributed by atoms with E-state index in [0.717, 1.165) is 0 Å². The van der Waals surface area contributed by atoms with Gasteiger partial charge in [0.25, 0.3) is 0 Å². The second-order valence-corrected chi connectivity index (χ2v) is 6.50. The van der Waals surface area contributed by atoms with Crippen molar-refractivity contribution < 1.29 is 32.2 Å². The first-order chi connectivity index (χ1) is 11.9. The molecule has 0 bridgehead atoms. The second kappa shape index (κ2) is 9.30. The number of nitrogens with one attached hydrogen (secondary N) is 2. The highest BCUT2D eigenvalue weighted by atomic mass is 19.4. The van der Waals surface area contributed by atoms with Crippen LogP contribution in [0, 0.1) is 0 Å². The van der Waals surface area contributed by atoms with E-state index in [-0.39, 0.29) is 31.2 Å². The molecule has 2 amide bonds. The molecule has 1 rings (SSSR count). The third kappa shape index (κ3) is 10.4. The van der Waals surface area contributed by atoms with E-state index in [9.17, 15) is 22.8 Å². The number of benzene rings is 1. The van der Waals surface area contributed by atoms with Gasteiger partial charge in [-0.2, -0.15) is 13.2 Å². The maximum atomic E-state index is 12.1. The number of rotatable bonds is 7. The molecule has 0 radical (unpaired) electrons. The summed E-state index contributed by atoms with van der Waals surface area (Å²) >= 11 is 0. The zero-order valence-corrected chi connectivity index (χ0v) is 14.9. The second-order valence-electron chi connectivity index (χ2n) is 6.50. The van der Waals surface area contributed by atoms with Gasteiger partial charge in [-0.15, -0.1) is 0 Å². The lowest BCUT2D eigenvalue weighted by molar-refractivity contribution is -0.153. The molecule has 6 nitrogen and oxygen atoms in total. The molecule has 1 aromatic carbocycles. The van der Waals surface area contributed by atoms with E-state index < -0.39 is 24.5 Å². The molecule has 0 saturated carbocycles. The molecule has 26 heavy (non-hydrogen) atoms. The molecule has 0 aliphatic rings. The lowest BCUT2D eigenvalue weighted by atomic mass is 10.2. The third-order valence-corrected chi connectivity index (χ3v) is 2.84. The third-order valence-electron chi connectivity index (χ3n) is 2.84. The number of hydrogen-bond donors (Lipinski definition) is 2. The number of alkyl halides is 3. The fourth-order valence-corrected chi connectivity index (χ4v) is 1.75. The maximum absolute atomic E-state index is 12.1. The topological polar surface area (TPSA) is 76.7 Å². The Balaban J connectivity index is 2.27. The Labute approximate surface area is 150 Å². The number of ether oxygens (including phenoxy) is 2. The van der Waals surface area contributed by atoms with Crippen molar-refractivity contribution in [3.8, 4) is 5.75 Å². The number of hydrogen-bond acceptors (Lipinski definition) is 4. The molecule has 1 aromatic rings. The van der Waals surface area contributed by atoms with Gasteiger partial charge in [-0.1, -0.05) is 12.1 Å². The molecule has 146 valence electrons. The average Bonchev–Trinajstić information content (AvgIpc) is 2.49. The maximum Gasteiger partial charge on any atom is 0.422 e. The zero-order valence-electron chi connectivity index (χ0n) is 14.9. The van der Waals surface area contributed by atoms with Crippen LogP contribution in [0.3, 0.4) is 0 Å². The molecule has 9 heteroatoms. The van der Waals surface area contributed by atoms with Crippen LogP contribution in [0.25, 0.3) is 0 Å². The van der Waals surface area contributed by atoms with Crippen LogP contribution in [0.15, 0.2) is 24.3 Å². The summed E-state index contributed by atoms with van der Waals surface area (Å²) < 4.78 is 45.8. The predicted molar refractivity (Wildman–Crippen MR) is 88.7 cm³/mol. The molecule has 0 atom stereocenters. The van der Waals surface area contributed by atoms with Crippen LogP contribution in [0.2, 0.25) is 0 Å². The number of alkyl carbamates (subject to hydrolysis) is 1. The van der Waals surface area contributed by atoms with E-state index in [2.05, 4.69) is 15.4 Å². The van der Waals surface area contributed by atoms with E-state index >= 15 is 0 Å². The van der Waals surface area contributed by atoms with E-state index in [4.69, 9.17) is 4.74 Å². The van der Waals surface area contributed by atoms with Gasteiger partial charge in [-0.3, -0.25) is 4.79 Å². The van der Waals surface area contributed by atoms with Crippen LogP contribution >= 0.6 is 0 Å². The lowest BCUT2D eigenvalue weighted by Gasteiger charge is -2.19. The molecule has 0 heterocycles. The van der Waals surface area contributed by atoms with Crippen LogP contribution in [-0.4, -0.2) is 36.9 Å². The number of halogens is 3. The number of carbonyl (C=O) groups is 2. The van der Waals surface area contributed by atoms with Crippen LogP contribution in [0.4, 0.5) is 18.0 Å². The molecule has 0 aliphatic carbocycles. The minimum Gasteiger partial charge on any atom is -0.484 e. The first-order valence-corrected chi connectivity index (χ1v) is 7.97. The van der Waals surface area contributed by atoms with Gasteiger partial charge in [-0.05, 0) is 38.5 Å². The van der Waals surface area contributed by atoms with Gasteiger partial charge < -0.3 is 20.1 Å². The quantitative estimate of drug-likeness (QED) is 0.766. The normalized spacial score (nSPS) is 11.6. The molecule has 0 saturated heterocycles. The first kappa shape index (κ1) is 21.6. The van der Waals surface area contributed by atoms with Crippen LogP contribution < -0.4 is 15.4 Å². The van der Waals surface area contributed by atoms with Crippen molar-refractivity contribution in [3.63, 3.8) is 0 Å². The summed E-state index contributed by atoms with van der Waals surface area (Å²) in [5.74, 6) is -0.183. The summed E-state index contributed by atoms with van der Waals surface area (Å²) in [6, 6.07) is 5.92. The van der Waals surface area contributed by atoms with Crippen molar-refractivity contribution in [2.24, 2.45) is 0 Å². The van der Waals surface area contributed by atoms with Crippen LogP contribution in [0.1, 0.15) is 32.8 Å². The van der Waals surface area contributed by atoms with E-state index in [1.54, 1.807) is 32.9 Å². The molecular formula is C17H23F3N2O4. The van der Waals surface area contributed by atoms with Crippen molar-refractivity contribution in [2.45, 2.75) is 45.5 Å². The van der Waals surface area contributed by atoms with Crippen molar-refractivity contribution in [3.05, 3.63) is 29.8 Å². The molecule has 0 unspecified atom stereocenters. The van der Waals surface area contributed by atoms with Gasteiger partial charge in [-0.25, -0.2) is 4.79 Å². The summed E-state index contributed by atoms with van der Waals surface area (Å²) in [5, 5.41) is 5.12. The highest BCUT2D eigenvalue weighted by Crippen LogP contribution is 2.18. The van der Waals surface area contributed by atoms with E-state index in [0.29, 0.717) is 5.56 Å². The monoisotopic (exact) mass is 376 g/mol. The molecule has 0 aromatic heterocycles. The SMILES string of the molecule is CC(C)(C)OC(=O)NCCC(=O)NCc1ccc(OCC(F)(F)F)cc1. The van der Waals surface area contributed by atoms with Gasteiger partial charge in [0.1, 0.15) is 11.4 Å². The lowest BCUT2D eigenvalue weighted by Crippen LogP contribution is -2.35. The van der Waals surface area contributed by atoms with Gasteiger partial charge in [0.05, 0.1) is 0 Å². The largest absolute Gasteiger partial charge is 0.484 e. The molecule has 2 N–H and O–H groups in total. The van der Waals surface area contributed by atoms with E-state index in [1.165, 1.54) is 12.1 Å². The predicted octanol–water partition coefficient (Wildman–Crippen LogP) is 3.16. The number of carbonyl (C=O) groups excluding carboxylic acids is 2. The van der Waals surface area contributed by atoms with Gasteiger partial charge >= 0.3 is 12.3 Å². The molecule has 0 spiro atoms. The highest BCUT2D eigenvalue weighted by molar-refractivity contribution is 5.77. The standard InChI is InChI=1S/C17H23F3N2O4/c1-16(2,3)26-15(24)21-9-8-14(23)22-10-12-4-6-13(7-5-12)25-11-17(18,19)20/h4-7H,8-11H2,1-3H3,(H,21,24)(H,22,23). The first-order valence-electron chi connectivity index (χ1n) is 7.97. The highest BCUT2D eigenvalue weighted by Gasteiger charge is 2.28. The van der Waals surface area contributed by atoms with Gasteiger partial charge in [0.15, 0.2) is 6.61 Å². The van der Waals surface area contributed by atoms with Crippen LogP contribution in [-0.2, 0) is 16.1 Å². The van der Waals surface area contributed by atoms with Gasteiger partial charge in [0.2, 0.25) is 5.91 Å². The van der Waals surface area contributed by atoms with Crippen molar-refractivity contribution in [1.82, 2.24) is 10.6 Å². The number of amides is 2. The van der Waals surface area contributed by atoms with Crippen molar-refractivity contribution in [2.75, 3.05) is 13.2 Å². The molecular weight excluding hydrogens is 353 g/mol. The van der Waals surface area contributed by atoms with Gasteiger partial charge in [0, 0.05) is 19.5 Å². The van der Waals surface area contributed by atoms with Crippen LogP contribution in [0.5, 0.6) is 5.75 Å². The van der Waals surface area contributed by atoms with E-state index in [1.807, 2.05) is 0 Å². The minimum absolute atomic E-state index is 0.0754. The smallest absolute Gasteiger partial charge is 0.422 e. The summed E-state index contributed by atoms with van der Waals surface area (Å²) in [4.78, 5) is 23.1. The Kier molecular flexibility index (Phi) is 7.73. The Morgan fingerprint density at radius 2 is 1.65 bits per heavy atom. The summed E-state index contributed by atoms with van der Waals surface area (Å²) in [6.07, 6.45) is -4.91. The molecule has 0 fully saturated rings. The average molecular weight is 376 g/mol. The van der Waals surface area contributed by atoms with Crippen molar-refractivity contribution >= 4 is 12.0 Å². The molecule has 0 aliphatic heterocycles. The summed E-state index contributed by atoms with van der Waals surface area (Å²) in [5.41, 5.74) is 0.0975. The minimum atomic E-state index is -4.39. The zero-order chi connectivity index (χ0) is 19.8. The summed E-state index contributed by atoms with van der Waals surface area (Å²) in [6.45, 7) is 4.19.